The molecule has 0 saturated heterocycles. The first-order valence-corrected chi connectivity index (χ1v) is 12.7. The van der Waals surface area contributed by atoms with E-state index in [-0.39, 0.29) is 30.2 Å². The molecule has 0 spiro atoms. The van der Waals surface area contributed by atoms with E-state index in [1.165, 1.54) is 18.2 Å². The summed E-state index contributed by atoms with van der Waals surface area (Å²) < 4.78 is 59.5. The number of fused-ring (bicyclic) bond motifs is 3. The molecule has 0 bridgehead atoms. The van der Waals surface area contributed by atoms with Gasteiger partial charge in [0.25, 0.3) is 0 Å². The molecular weight excluding hydrogens is 492 g/mol. The first-order chi connectivity index (χ1) is 17.3. The van der Waals surface area contributed by atoms with Crippen LogP contribution in [0.2, 0.25) is 0 Å². The third-order valence-corrected chi connectivity index (χ3v) is 7.65. The van der Waals surface area contributed by atoms with Crippen LogP contribution in [-0.4, -0.2) is 47.9 Å². The molecule has 2 atom stereocenters. The summed E-state index contributed by atoms with van der Waals surface area (Å²) in [4.78, 5) is 4.64. The van der Waals surface area contributed by atoms with Crippen molar-refractivity contribution in [2.75, 3.05) is 13.2 Å². The van der Waals surface area contributed by atoms with Gasteiger partial charge in [-0.2, -0.15) is 8.78 Å². The lowest BCUT2D eigenvalue weighted by Gasteiger charge is -2.19. The van der Waals surface area contributed by atoms with Crippen LogP contribution in [0.15, 0.2) is 71.6 Å². The number of aliphatic hydroxyl groups excluding tert-OH is 2. The predicted octanol–water partition coefficient (Wildman–Crippen LogP) is 3.60. The van der Waals surface area contributed by atoms with Gasteiger partial charge in [0.05, 0.1) is 28.6 Å². The highest BCUT2D eigenvalue weighted by atomic mass is 32.2. The van der Waals surface area contributed by atoms with Crippen LogP contribution in [0.4, 0.5) is 8.78 Å². The van der Waals surface area contributed by atoms with Gasteiger partial charge < -0.3 is 19.5 Å². The number of para-hydroxylation sites is 1. The highest BCUT2D eigenvalue weighted by Gasteiger charge is 2.35. The van der Waals surface area contributed by atoms with E-state index >= 15 is 0 Å². The molecule has 1 aromatic heterocycles. The van der Waals surface area contributed by atoms with E-state index in [2.05, 4.69) is 9.71 Å². The Labute approximate surface area is 205 Å². The fourth-order valence-corrected chi connectivity index (χ4v) is 5.61. The van der Waals surface area contributed by atoms with Gasteiger partial charge >= 0.3 is 6.61 Å². The quantitative estimate of drug-likeness (QED) is 0.331. The summed E-state index contributed by atoms with van der Waals surface area (Å²) in [6.07, 6.45) is -0.610. The van der Waals surface area contributed by atoms with Gasteiger partial charge in [-0.1, -0.05) is 36.4 Å². The second-order valence-corrected chi connectivity index (χ2v) is 10.1. The van der Waals surface area contributed by atoms with Crippen molar-refractivity contribution < 1.29 is 32.1 Å². The number of halogens is 2. The van der Waals surface area contributed by atoms with Crippen LogP contribution < -0.4 is 9.46 Å². The van der Waals surface area contributed by atoms with Crippen LogP contribution in [0.25, 0.3) is 22.2 Å². The monoisotopic (exact) mass is 515 g/mol. The zero-order chi connectivity index (χ0) is 25.4. The first kappa shape index (κ1) is 24.3. The minimum Gasteiger partial charge on any atom is -0.434 e. The SMILES string of the molecule is O=S(=O)(NCCO)c1ccc(-c2ccc3nc4n(c3c2)[C@@H](c2ccccc2OC(F)F)C[C@H]4O)cc1. The van der Waals surface area contributed by atoms with Gasteiger partial charge in [0, 0.05) is 18.5 Å². The number of alkyl halides is 2. The number of aromatic nitrogens is 2. The van der Waals surface area contributed by atoms with E-state index in [1.807, 2.05) is 16.7 Å². The molecule has 5 rings (SSSR count). The van der Waals surface area contributed by atoms with Crippen molar-refractivity contribution in [2.45, 2.75) is 30.1 Å². The van der Waals surface area contributed by atoms with Gasteiger partial charge in [0.1, 0.15) is 17.7 Å². The van der Waals surface area contributed by atoms with Gasteiger partial charge in [-0.25, -0.2) is 18.1 Å². The lowest BCUT2D eigenvalue weighted by molar-refractivity contribution is -0.0507. The van der Waals surface area contributed by atoms with Crippen molar-refractivity contribution in [3.8, 4) is 16.9 Å². The zero-order valence-corrected chi connectivity index (χ0v) is 19.7. The molecule has 3 N–H and O–H groups in total. The van der Waals surface area contributed by atoms with E-state index < -0.39 is 28.8 Å². The first-order valence-electron chi connectivity index (χ1n) is 11.2. The minimum atomic E-state index is -3.73. The number of sulfonamides is 1. The Hall–Kier alpha value is -3.38. The summed E-state index contributed by atoms with van der Waals surface area (Å²) in [5.41, 5.74) is 3.40. The maximum atomic E-state index is 13.0. The molecule has 4 aromatic rings. The fourth-order valence-electron chi connectivity index (χ4n) is 4.59. The predicted molar refractivity (Wildman–Crippen MR) is 128 cm³/mol. The van der Waals surface area contributed by atoms with E-state index in [9.17, 15) is 22.3 Å². The summed E-state index contributed by atoms with van der Waals surface area (Å²) in [5.74, 6) is 0.484. The van der Waals surface area contributed by atoms with Crippen LogP contribution >= 0.6 is 0 Å². The molecule has 8 nitrogen and oxygen atoms in total. The molecule has 0 amide bonds. The number of hydrogen-bond donors (Lipinski definition) is 3. The Morgan fingerprint density at radius 2 is 1.81 bits per heavy atom. The van der Waals surface area contributed by atoms with Crippen molar-refractivity contribution in [2.24, 2.45) is 0 Å². The molecule has 36 heavy (non-hydrogen) atoms. The topological polar surface area (TPSA) is 114 Å². The van der Waals surface area contributed by atoms with E-state index in [0.29, 0.717) is 22.4 Å². The van der Waals surface area contributed by atoms with Gasteiger partial charge in [0.2, 0.25) is 10.0 Å². The van der Waals surface area contributed by atoms with Crippen molar-refractivity contribution in [1.82, 2.24) is 14.3 Å². The highest BCUT2D eigenvalue weighted by molar-refractivity contribution is 7.89. The number of nitrogens with zero attached hydrogens (tertiary/aromatic N) is 2. The summed E-state index contributed by atoms with van der Waals surface area (Å²) in [5, 5.41) is 19.6. The van der Waals surface area contributed by atoms with Crippen LogP contribution in [0, 0.1) is 0 Å². The van der Waals surface area contributed by atoms with E-state index in [0.717, 1.165) is 11.1 Å². The number of imidazole rings is 1. The smallest absolute Gasteiger partial charge is 0.387 e. The van der Waals surface area contributed by atoms with Gasteiger partial charge in [-0.3, -0.25) is 0 Å². The normalized spacial score (nSPS) is 17.6. The molecule has 1 aliphatic rings. The Morgan fingerprint density at radius 1 is 1.08 bits per heavy atom. The number of nitrogens with one attached hydrogen (secondary N) is 1. The average molecular weight is 516 g/mol. The molecule has 1 aliphatic heterocycles. The standard InChI is InChI=1S/C25H23F2N3O5S/c26-25(27)35-23-4-2-1-3-18(23)20-14-22(32)24-29-19-10-7-16(13-21(19)30(20)24)15-5-8-17(9-6-15)36(33,34)28-11-12-31/h1-10,13,20,22,25,28,31-32H,11-12,14H2/t20-,22-/m1/s1. The van der Waals surface area contributed by atoms with Crippen LogP contribution in [-0.2, 0) is 10.0 Å². The van der Waals surface area contributed by atoms with Crippen LogP contribution in [0.5, 0.6) is 5.75 Å². The number of benzene rings is 3. The number of ether oxygens (including phenoxy) is 1. The van der Waals surface area contributed by atoms with Crippen molar-refractivity contribution in [3.63, 3.8) is 0 Å². The van der Waals surface area contributed by atoms with Gasteiger partial charge in [-0.15, -0.1) is 0 Å². The lowest BCUT2D eigenvalue weighted by atomic mass is 10.0. The Bertz CT molecular complexity index is 1510. The minimum absolute atomic E-state index is 0.0437. The van der Waals surface area contributed by atoms with Crippen LogP contribution in [0.3, 0.4) is 0 Å². The maximum Gasteiger partial charge on any atom is 0.387 e. The number of hydrogen-bond acceptors (Lipinski definition) is 6. The Balaban J connectivity index is 1.54. The van der Waals surface area contributed by atoms with Gasteiger partial charge in [-0.05, 0) is 41.5 Å². The van der Waals surface area contributed by atoms with Crippen molar-refractivity contribution in [3.05, 3.63) is 78.1 Å². The summed E-state index contributed by atoms with van der Waals surface area (Å²) in [7, 11) is -3.73. The molecule has 11 heteroatoms. The van der Waals surface area contributed by atoms with E-state index in [1.54, 1.807) is 36.4 Å². The molecular formula is C25H23F2N3O5S. The van der Waals surface area contributed by atoms with E-state index in [4.69, 9.17) is 9.84 Å². The summed E-state index contributed by atoms with van der Waals surface area (Å²) in [6.45, 7) is -3.36. The number of aliphatic hydroxyl groups is 2. The highest BCUT2D eigenvalue weighted by Crippen LogP contribution is 2.44. The molecule has 3 aromatic carbocycles. The van der Waals surface area contributed by atoms with Gasteiger partial charge in [0.15, 0.2) is 0 Å². The third-order valence-electron chi connectivity index (χ3n) is 6.17. The molecule has 0 unspecified atom stereocenters. The van der Waals surface area contributed by atoms with Crippen molar-refractivity contribution >= 4 is 21.1 Å². The second kappa shape index (κ2) is 9.58. The molecule has 0 fully saturated rings. The second-order valence-electron chi connectivity index (χ2n) is 8.37. The Morgan fingerprint density at radius 3 is 2.53 bits per heavy atom. The molecule has 0 aliphatic carbocycles. The molecule has 188 valence electrons. The molecule has 0 saturated carbocycles. The summed E-state index contributed by atoms with van der Waals surface area (Å²) >= 11 is 0. The van der Waals surface area contributed by atoms with Crippen LogP contribution in [0.1, 0.15) is 30.0 Å². The average Bonchev–Trinajstić information content (AvgIpc) is 3.40. The summed E-state index contributed by atoms with van der Waals surface area (Å²) in [6, 6.07) is 17.9. The maximum absolute atomic E-state index is 13.0. The largest absolute Gasteiger partial charge is 0.434 e. The molecule has 0 radical (unpaired) electrons. The lowest BCUT2D eigenvalue weighted by Crippen LogP contribution is -2.26. The fraction of sp³-hybridized carbons (Fsp3) is 0.240. The number of rotatable bonds is 8. The third kappa shape index (κ3) is 4.46. The van der Waals surface area contributed by atoms with Crippen molar-refractivity contribution in [1.29, 1.82) is 0 Å². The Kier molecular flexibility index (Phi) is 6.47. The molecule has 2 heterocycles. The zero-order valence-electron chi connectivity index (χ0n) is 18.9.